The van der Waals surface area contributed by atoms with Crippen molar-refractivity contribution in [2.24, 2.45) is 0 Å². The first-order valence-electron chi connectivity index (χ1n) is 10.2. The fraction of sp³-hybridized carbons (Fsp3) is 0.240. The number of nitriles is 1. The lowest BCUT2D eigenvalue weighted by atomic mass is 9.99. The smallest absolute Gasteiger partial charge is 0.233 e. The van der Waals surface area contributed by atoms with Crippen molar-refractivity contribution >= 4 is 17.7 Å². The van der Waals surface area contributed by atoms with Crippen LogP contribution in [0.4, 0.5) is 0 Å². The van der Waals surface area contributed by atoms with Crippen LogP contribution in [0.3, 0.4) is 0 Å². The fourth-order valence-electron chi connectivity index (χ4n) is 3.49. The number of morpholine rings is 1. The molecule has 0 unspecified atom stereocenters. The fourth-order valence-corrected chi connectivity index (χ4v) is 4.39. The molecule has 0 aliphatic carbocycles. The molecule has 0 saturated carbocycles. The highest BCUT2D eigenvalue weighted by Crippen LogP contribution is 2.34. The van der Waals surface area contributed by atoms with Crippen molar-refractivity contribution in [1.82, 2.24) is 9.88 Å². The molecule has 6 heteroatoms. The zero-order valence-corrected chi connectivity index (χ0v) is 18.2. The molecule has 1 amide bonds. The lowest BCUT2D eigenvalue weighted by Crippen LogP contribution is -2.41. The molecule has 3 aromatic rings. The zero-order valence-electron chi connectivity index (χ0n) is 17.4. The summed E-state index contributed by atoms with van der Waals surface area (Å²) in [6, 6.07) is 22.3. The van der Waals surface area contributed by atoms with Crippen LogP contribution < -0.4 is 0 Å². The lowest BCUT2D eigenvalue weighted by molar-refractivity contribution is -0.132. The molecule has 5 nitrogen and oxygen atoms in total. The van der Waals surface area contributed by atoms with E-state index in [0.29, 0.717) is 36.9 Å². The minimum Gasteiger partial charge on any atom is -0.378 e. The highest BCUT2D eigenvalue weighted by atomic mass is 32.2. The van der Waals surface area contributed by atoms with E-state index >= 15 is 0 Å². The van der Waals surface area contributed by atoms with Gasteiger partial charge in [-0.2, -0.15) is 5.26 Å². The van der Waals surface area contributed by atoms with Gasteiger partial charge in [0.25, 0.3) is 0 Å². The number of thioether (sulfide) groups is 1. The average Bonchev–Trinajstić information content (AvgIpc) is 2.83. The predicted octanol–water partition coefficient (Wildman–Crippen LogP) is 4.55. The molecule has 1 fully saturated rings. The molecule has 1 aliphatic rings. The summed E-state index contributed by atoms with van der Waals surface area (Å²) in [5.41, 5.74) is 5.23. The van der Waals surface area contributed by atoms with Crippen LogP contribution in [0, 0.1) is 18.3 Å². The molecule has 2 heterocycles. The van der Waals surface area contributed by atoms with Crippen LogP contribution in [0.25, 0.3) is 22.4 Å². The summed E-state index contributed by atoms with van der Waals surface area (Å²) < 4.78 is 5.33. The monoisotopic (exact) mass is 429 g/mol. The first-order chi connectivity index (χ1) is 15.2. The standard InChI is InChI=1S/C25H23N3O2S/c1-18-7-9-20(10-8-18)23-15-21(19-5-3-2-4-6-19)22(16-26)25(27-23)31-17-24(29)28-11-13-30-14-12-28/h2-10,15H,11-14,17H2,1H3. The second-order valence-electron chi connectivity index (χ2n) is 7.36. The molecular weight excluding hydrogens is 406 g/mol. The van der Waals surface area contributed by atoms with Gasteiger partial charge in [-0.1, -0.05) is 71.9 Å². The van der Waals surface area contributed by atoms with E-state index in [1.165, 1.54) is 17.3 Å². The second-order valence-corrected chi connectivity index (χ2v) is 8.32. The van der Waals surface area contributed by atoms with Gasteiger partial charge in [0.1, 0.15) is 11.1 Å². The van der Waals surface area contributed by atoms with Crippen LogP contribution in [0.15, 0.2) is 65.7 Å². The van der Waals surface area contributed by atoms with Crippen LogP contribution in [-0.4, -0.2) is 47.8 Å². The summed E-state index contributed by atoms with van der Waals surface area (Å²) in [4.78, 5) is 19.3. The molecule has 156 valence electrons. The molecule has 2 aromatic carbocycles. The van der Waals surface area contributed by atoms with Gasteiger partial charge >= 0.3 is 0 Å². The molecule has 0 atom stereocenters. The van der Waals surface area contributed by atoms with E-state index in [1.807, 2.05) is 72.5 Å². The number of carbonyl (C=O) groups is 1. The largest absolute Gasteiger partial charge is 0.378 e. The Morgan fingerprint density at radius 2 is 1.81 bits per heavy atom. The van der Waals surface area contributed by atoms with Gasteiger partial charge in [0, 0.05) is 24.2 Å². The number of aromatic nitrogens is 1. The summed E-state index contributed by atoms with van der Waals surface area (Å²) in [5, 5.41) is 10.5. The van der Waals surface area contributed by atoms with Gasteiger partial charge in [-0.3, -0.25) is 4.79 Å². The average molecular weight is 430 g/mol. The van der Waals surface area contributed by atoms with Gasteiger partial charge in [0.15, 0.2) is 0 Å². The van der Waals surface area contributed by atoms with E-state index in [9.17, 15) is 10.1 Å². The second kappa shape index (κ2) is 9.78. The van der Waals surface area contributed by atoms with Gasteiger partial charge in [0.05, 0.1) is 30.2 Å². The molecule has 31 heavy (non-hydrogen) atoms. The number of ether oxygens (including phenoxy) is 1. The van der Waals surface area contributed by atoms with E-state index in [-0.39, 0.29) is 11.7 Å². The van der Waals surface area contributed by atoms with E-state index in [4.69, 9.17) is 9.72 Å². The number of aryl methyl sites for hydroxylation is 1. The van der Waals surface area contributed by atoms with Crippen molar-refractivity contribution in [3.63, 3.8) is 0 Å². The number of hydrogen-bond donors (Lipinski definition) is 0. The Hall–Kier alpha value is -3.14. The van der Waals surface area contributed by atoms with Crippen molar-refractivity contribution in [2.45, 2.75) is 11.9 Å². The molecule has 1 aromatic heterocycles. The Morgan fingerprint density at radius 3 is 2.48 bits per heavy atom. The summed E-state index contributed by atoms with van der Waals surface area (Å²) in [6.45, 7) is 4.40. The SMILES string of the molecule is Cc1ccc(-c2cc(-c3ccccc3)c(C#N)c(SCC(=O)N3CCOCC3)n2)cc1. The first kappa shape index (κ1) is 21.1. The number of hydrogen-bond acceptors (Lipinski definition) is 5. The van der Waals surface area contributed by atoms with E-state index < -0.39 is 0 Å². The Kier molecular flexibility index (Phi) is 6.66. The zero-order chi connectivity index (χ0) is 21.6. The van der Waals surface area contributed by atoms with Crippen molar-refractivity contribution in [1.29, 1.82) is 5.26 Å². The van der Waals surface area contributed by atoms with Crippen molar-refractivity contribution < 1.29 is 9.53 Å². The summed E-state index contributed by atoms with van der Waals surface area (Å²) in [7, 11) is 0. The van der Waals surface area contributed by atoms with E-state index in [2.05, 4.69) is 6.07 Å². The molecule has 4 rings (SSSR count). The Morgan fingerprint density at radius 1 is 1.10 bits per heavy atom. The maximum absolute atomic E-state index is 12.7. The third-order valence-electron chi connectivity index (χ3n) is 5.23. The van der Waals surface area contributed by atoms with Gasteiger partial charge in [0.2, 0.25) is 5.91 Å². The topological polar surface area (TPSA) is 66.2 Å². The Labute approximate surface area is 186 Å². The van der Waals surface area contributed by atoms with Crippen LogP contribution >= 0.6 is 11.8 Å². The number of benzene rings is 2. The van der Waals surface area contributed by atoms with Gasteiger partial charge in [-0.25, -0.2) is 4.98 Å². The lowest BCUT2D eigenvalue weighted by Gasteiger charge is -2.26. The highest BCUT2D eigenvalue weighted by molar-refractivity contribution is 8.00. The quantitative estimate of drug-likeness (QED) is 0.557. The molecule has 1 aliphatic heterocycles. The van der Waals surface area contributed by atoms with Gasteiger partial charge < -0.3 is 9.64 Å². The molecule has 0 bridgehead atoms. The van der Waals surface area contributed by atoms with Crippen LogP contribution in [-0.2, 0) is 9.53 Å². The summed E-state index contributed by atoms with van der Waals surface area (Å²) in [5.74, 6) is 0.286. The van der Waals surface area contributed by atoms with Crippen LogP contribution in [0.2, 0.25) is 0 Å². The van der Waals surface area contributed by atoms with Crippen LogP contribution in [0.5, 0.6) is 0 Å². The van der Waals surface area contributed by atoms with Crippen LogP contribution in [0.1, 0.15) is 11.1 Å². The number of carbonyl (C=O) groups excluding carboxylic acids is 1. The summed E-state index contributed by atoms with van der Waals surface area (Å²) >= 11 is 1.33. The predicted molar refractivity (Wildman–Crippen MR) is 123 cm³/mol. The number of pyridine rings is 1. The third kappa shape index (κ3) is 4.96. The van der Waals surface area contributed by atoms with Gasteiger partial charge in [-0.05, 0) is 18.6 Å². The Bertz CT molecular complexity index is 1100. The van der Waals surface area contributed by atoms with E-state index in [1.54, 1.807) is 0 Å². The number of nitrogens with zero attached hydrogens (tertiary/aromatic N) is 3. The van der Waals surface area contributed by atoms with Gasteiger partial charge in [-0.15, -0.1) is 0 Å². The molecule has 0 N–H and O–H groups in total. The molecule has 0 radical (unpaired) electrons. The first-order valence-corrected chi connectivity index (χ1v) is 11.2. The van der Waals surface area contributed by atoms with Crippen molar-refractivity contribution in [2.75, 3.05) is 32.1 Å². The maximum Gasteiger partial charge on any atom is 0.233 e. The molecular formula is C25H23N3O2S. The normalized spacial score (nSPS) is 13.6. The molecule has 0 spiro atoms. The minimum absolute atomic E-state index is 0.0426. The minimum atomic E-state index is 0.0426. The Balaban J connectivity index is 1.71. The maximum atomic E-state index is 12.7. The third-order valence-corrected chi connectivity index (χ3v) is 6.19. The van der Waals surface area contributed by atoms with E-state index in [0.717, 1.165) is 22.4 Å². The highest BCUT2D eigenvalue weighted by Gasteiger charge is 2.20. The summed E-state index contributed by atoms with van der Waals surface area (Å²) in [6.07, 6.45) is 0. The molecule has 1 saturated heterocycles. The van der Waals surface area contributed by atoms with Crippen molar-refractivity contribution in [3.8, 4) is 28.5 Å². The number of amides is 1. The number of rotatable bonds is 5. The van der Waals surface area contributed by atoms with Crippen molar-refractivity contribution in [3.05, 3.63) is 71.8 Å².